The minimum absolute atomic E-state index is 0.0448. The topological polar surface area (TPSA) is 177 Å². The molecule has 0 aromatic heterocycles. The van der Waals surface area contributed by atoms with E-state index in [1.54, 1.807) is 6.08 Å². The van der Waals surface area contributed by atoms with Gasteiger partial charge in [0.15, 0.2) is 6.10 Å². The van der Waals surface area contributed by atoms with E-state index >= 15 is 0 Å². The van der Waals surface area contributed by atoms with Gasteiger partial charge in [-0.05, 0) is 31.6 Å². The summed E-state index contributed by atoms with van der Waals surface area (Å²) >= 11 is 0. The van der Waals surface area contributed by atoms with E-state index in [1.807, 2.05) is 6.08 Å². The first-order chi connectivity index (χ1) is 24.8. The number of unbranched alkanes of at least 4 members (excludes halogenated alkanes) is 15. The zero-order chi connectivity index (χ0) is 38.6. The van der Waals surface area contributed by atoms with Gasteiger partial charge in [-0.15, -0.1) is 0 Å². The number of hydrogen-bond donors (Lipinski definition) is 4. The Morgan fingerprint density at radius 3 is 1.90 bits per heavy atom. The van der Waals surface area contributed by atoms with Crippen LogP contribution in [-0.2, 0) is 32.9 Å². The van der Waals surface area contributed by atoms with Gasteiger partial charge in [-0.3, -0.25) is 18.9 Å². The van der Waals surface area contributed by atoms with Gasteiger partial charge in [0.25, 0.3) is 0 Å². The zero-order valence-electron chi connectivity index (χ0n) is 32.6. The molecule has 5 atom stereocenters. The monoisotopic (exact) mass is 760 g/mol. The fourth-order valence-corrected chi connectivity index (χ4v) is 7.11. The zero-order valence-corrected chi connectivity index (χ0v) is 33.5. The highest BCUT2D eigenvalue weighted by Crippen LogP contribution is 2.36. The molecule has 0 radical (unpaired) electrons. The molecule has 0 amide bonds. The van der Waals surface area contributed by atoms with Crippen molar-refractivity contribution in [2.24, 2.45) is 17.8 Å². The SMILES string of the molecule is CCCCC[C@H](O)/C=C/[C@H]1[C@H](O)CC(=O)[C@@H]1CCCCCCC(=O)OC[C@H](COP(=O)(O)O)OC(=O)CCCCCCCCCCCCCC(C)C. The van der Waals surface area contributed by atoms with Crippen LogP contribution in [0.3, 0.4) is 0 Å². The highest BCUT2D eigenvalue weighted by atomic mass is 31.2. The van der Waals surface area contributed by atoms with Gasteiger partial charge < -0.3 is 29.5 Å². The maximum absolute atomic E-state index is 12.5. The molecule has 1 rings (SSSR count). The van der Waals surface area contributed by atoms with E-state index in [4.69, 9.17) is 19.3 Å². The lowest BCUT2D eigenvalue weighted by molar-refractivity contribution is -0.161. The van der Waals surface area contributed by atoms with Crippen molar-refractivity contribution >= 4 is 25.5 Å². The van der Waals surface area contributed by atoms with Crippen LogP contribution in [0.2, 0.25) is 0 Å². The summed E-state index contributed by atoms with van der Waals surface area (Å²) in [5, 5.41) is 20.6. The number of rotatable bonds is 33. The van der Waals surface area contributed by atoms with E-state index in [0.717, 1.165) is 63.7 Å². The fourth-order valence-electron chi connectivity index (χ4n) is 6.75. The number of phosphoric ester groups is 1. The predicted molar refractivity (Wildman–Crippen MR) is 203 cm³/mol. The van der Waals surface area contributed by atoms with Gasteiger partial charge in [-0.25, -0.2) is 4.57 Å². The normalized spacial score (nSPS) is 19.1. The van der Waals surface area contributed by atoms with Crippen LogP contribution >= 0.6 is 7.82 Å². The lowest BCUT2D eigenvalue weighted by atomic mass is 9.88. The summed E-state index contributed by atoms with van der Waals surface area (Å²) in [6.07, 6.45) is 22.7. The molecule has 0 saturated heterocycles. The third kappa shape index (κ3) is 26.2. The van der Waals surface area contributed by atoms with Crippen molar-refractivity contribution in [2.75, 3.05) is 13.2 Å². The second-order valence-electron chi connectivity index (χ2n) is 15.2. The minimum atomic E-state index is -4.81. The first kappa shape index (κ1) is 48.4. The summed E-state index contributed by atoms with van der Waals surface area (Å²) in [6, 6.07) is 0. The summed E-state index contributed by atoms with van der Waals surface area (Å²) in [4.78, 5) is 55.5. The van der Waals surface area contributed by atoms with E-state index in [9.17, 15) is 29.2 Å². The van der Waals surface area contributed by atoms with Crippen molar-refractivity contribution in [3.63, 3.8) is 0 Å². The smallest absolute Gasteiger partial charge is 0.462 e. The van der Waals surface area contributed by atoms with Crippen LogP contribution in [0.5, 0.6) is 0 Å². The number of esters is 2. The van der Waals surface area contributed by atoms with Gasteiger partial charge in [-0.1, -0.05) is 142 Å². The Labute approximate surface area is 314 Å². The Morgan fingerprint density at radius 2 is 1.33 bits per heavy atom. The van der Waals surface area contributed by atoms with Crippen LogP contribution in [0, 0.1) is 17.8 Å². The minimum Gasteiger partial charge on any atom is -0.462 e. The van der Waals surface area contributed by atoms with E-state index in [2.05, 4.69) is 25.3 Å². The lowest BCUT2D eigenvalue weighted by Gasteiger charge is -2.18. The van der Waals surface area contributed by atoms with E-state index < -0.39 is 44.7 Å². The summed E-state index contributed by atoms with van der Waals surface area (Å²) in [7, 11) is -4.81. The molecule has 1 saturated carbocycles. The number of aliphatic hydroxyl groups is 2. The maximum Gasteiger partial charge on any atom is 0.469 e. The molecule has 0 aromatic rings. The maximum atomic E-state index is 12.5. The number of phosphoric acid groups is 1. The van der Waals surface area contributed by atoms with Gasteiger partial charge >= 0.3 is 19.8 Å². The molecule has 1 aliphatic carbocycles. The molecule has 1 fully saturated rings. The molecule has 0 aliphatic heterocycles. The van der Waals surface area contributed by atoms with Gasteiger partial charge in [0, 0.05) is 31.1 Å². The van der Waals surface area contributed by atoms with Crippen LogP contribution in [0.1, 0.15) is 175 Å². The molecule has 11 nitrogen and oxygen atoms in total. The fraction of sp³-hybridized carbons (Fsp3) is 0.875. The van der Waals surface area contributed by atoms with Crippen LogP contribution in [0.15, 0.2) is 12.2 Å². The number of aliphatic hydroxyl groups excluding tert-OH is 2. The molecule has 0 aromatic carbocycles. The number of ketones is 1. The van der Waals surface area contributed by atoms with Gasteiger partial charge in [-0.2, -0.15) is 0 Å². The number of hydrogen-bond acceptors (Lipinski definition) is 9. The van der Waals surface area contributed by atoms with Crippen molar-refractivity contribution in [3.8, 4) is 0 Å². The number of ether oxygens (including phenoxy) is 2. The highest BCUT2D eigenvalue weighted by molar-refractivity contribution is 7.46. The molecule has 52 heavy (non-hydrogen) atoms. The molecule has 4 N–H and O–H groups in total. The number of carbonyl (C=O) groups excluding carboxylic acids is 3. The van der Waals surface area contributed by atoms with Gasteiger partial charge in [0.2, 0.25) is 0 Å². The third-order valence-electron chi connectivity index (χ3n) is 9.86. The van der Waals surface area contributed by atoms with Crippen molar-refractivity contribution in [1.29, 1.82) is 0 Å². The first-order valence-electron chi connectivity index (χ1n) is 20.4. The Kier molecular flexibility index (Phi) is 27.6. The highest BCUT2D eigenvalue weighted by Gasteiger charge is 2.39. The van der Waals surface area contributed by atoms with E-state index in [1.165, 1.54) is 51.4 Å². The molecule has 0 spiro atoms. The average molecular weight is 761 g/mol. The van der Waals surface area contributed by atoms with Gasteiger partial charge in [0.1, 0.15) is 12.4 Å². The largest absolute Gasteiger partial charge is 0.469 e. The van der Waals surface area contributed by atoms with E-state index in [-0.39, 0.29) is 43.5 Å². The molecule has 0 unspecified atom stereocenters. The third-order valence-corrected chi connectivity index (χ3v) is 10.3. The van der Waals surface area contributed by atoms with Crippen LogP contribution < -0.4 is 0 Å². The summed E-state index contributed by atoms with van der Waals surface area (Å²) in [5.41, 5.74) is 0. The number of carbonyl (C=O) groups is 3. The predicted octanol–water partition coefficient (Wildman–Crippen LogP) is 8.68. The molecule has 0 heterocycles. The van der Waals surface area contributed by atoms with Gasteiger partial charge in [0.05, 0.1) is 18.8 Å². The van der Waals surface area contributed by atoms with E-state index in [0.29, 0.717) is 25.7 Å². The van der Waals surface area contributed by atoms with Crippen LogP contribution in [-0.4, -0.2) is 69.2 Å². The Bertz CT molecular complexity index is 1030. The summed E-state index contributed by atoms with van der Waals surface area (Å²) in [5.74, 6) is -0.772. The molecule has 304 valence electrons. The molecule has 12 heteroatoms. The lowest BCUT2D eigenvalue weighted by Crippen LogP contribution is -2.29. The van der Waals surface area contributed by atoms with Crippen molar-refractivity contribution in [2.45, 2.75) is 193 Å². The van der Waals surface area contributed by atoms with Crippen molar-refractivity contribution in [3.05, 3.63) is 12.2 Å². The standard InChI is InChI=1S/C40H73O11P/c1-4-5-17-23-33(41)27-28-36-35(37(42)29-38(36)43)24-19-15-16-20-25-39(44)49-30-34(31-50-52(46,47)48)51-40(45)26-21-14-12-10-8-6-7-9-11-13-18-22-32(2)3/h27-28,32-36,38,41,43H,4-26,29-31H2,1-3H3,(H2,46,47,48)/b28-27+/t33-,34+,35+,36+,38+/m0/s1. The molecule has 1 aliphatic rings. The summed E-state index contributed by atoms with van der Waals surface area (Å²) in [6.45, 7) is 5.69. The van der Waals surface area contributed by atoms with Crippen molar-refractivity contribution < 1.29 is 52.9 Å². The Hall–Kier alpha value is -1.62. The Morgan fingerprint density at radius 1 is 0.788 bits per heavy atom. The number of Topliss-reactive ketones (excluding diaryl/α,β-unsaturated/α-hetero) is 1. The second kappa shape index (κ2) is 29.7. The van der Waals surface area contributed by atoms with Crippen molar-refractivity contribution in [1.82, 2.24) is 0 Å². The van der Waals surface area contributed by atoms with Crippen LogP contribution in [0.4, 0.5) is 0 Å². The summed E-state index contributed by atoms with van der Waals surface area (Å²) < 4.78 is 26.4. The van der Waals surface area contributed by atoms with Crippen LogP contribution in [0.25, 0.3) is 0 Å². The quantitative estimate of drug-likeness (QED) is 0.0218. The molecular weight excluding hydrogens is 687 g/mol. The second-order valence-corrected chi connectivity index (χ2v) is 16.5. The average Bonchev–Trinajstić information content (AvgIpc) is 3.35. The Balaban J connectivity index is 2.27. The molecule has 0 bridgehead atoms. The first-order valence-corrected chi connectivity index (χ1v) is 22.0. The molecular formula is C40H73O11P.